The van der Waals surface area contributed by atoms with Crippen LogP contribution in [0.25, 0.3) is 0 Å². The third-order valence-electron chi connectivity index (χ3n) is 2.66. The van der Waals surface area contributed by atoms with Gasteiger partial charge in [-0.2, -0.15) is 0 Å². The highest BCUT2D eigenvalue weighted by Gasteiger charge is 2.15. The van der Waals surface area contributed by atoms with Crippen molar-refractivity contribution in [3.05, 3.63) is 12.3 Å². The Morgan fingerprint density at radius 1 is 1.41 bits per heavy atom. The van der Waals surface area contributed by atoms with Crippen LogP contribution in [0.5, 0.6) is 0 Å². The van der Waals surface area contributed by atoms with E-state index in [1.807, 2.05) is 0 Å². The van der Waals surface area contributed by atoms with Gasteiger partial charge < -0.3 is 10.6 Å². The number of piperidine rings is 1. The molecule has 0 atom stereocenters. The first-order valence-electron chi connectivity index (χ1n) is 5.56. The second-order valence-corrected chi connectivity index (χ2v) is 6.07. The molecule has 1 saturated heterocycles. The number of sulfone groups is 1. The van der Waals surface area contributed by atoms with Crippen molar-refractivity contribution in [1.82, 2.24) is 15.3 Å². The van der Waals surface area contributed by atoms with Crippen LogP contribution in [0.15, 0.2) is 17.4 Å². The van der Waals surface area contributed by atoms with Gasteiger partial charge in [-0.3, -0.25) is 0 Å². The van der Waals surface area contributed by atoms with Gasteiger partial charge in [0, 0.05) is 18.5 Å². The molecule has 0 spiro atoms. The largest absolute Gasteiger partial charge is 0.367 e. The van der Waals surface area contributed by atoms with Crippen LogP contribution in [0, 0.1) is 0 Å². The van der Waals surface area contributed by atoms with E-state index in [0.717, 1.165) is 32.2 Å². The molecule has 1 aromatic rings. The number of nitrogens with zero attached hydrogens (tertiary/aromatic N) is 2. The number of hydrogen-bond acceptors (Lipinski definition) is 6. The predicted octanol–water partition coefficient (Wildman–Crippen LogP) is 0.0440. The predicted molar refractivity (Wildman–Crippen MR) is 64.7 cm³/mol. The van der Waals surface area contributed by atoms with Crippen molar-refractivity contribution < 1.29 is 8.42 Å². The van der Waals surface area contributed by atoms with Gasteiger partial charge in [-0.15, -0.1) is 0 Å². The van der Waals surface area contributed by atoms with E-state index in [1.54, 1.807) is 6.07 Å². The van der Waals surface area contributed by atoms with Crippen molar-refractivity contribution in [2.75, 3.05) is 24.7 Å². The van der Waals surface area contributed by atoms with Gasteiger partial charge in [0.1, 0.15) is 5.82 Å². The average Bonchev–Trinajstić information content (AvgIpc) is 2.29. The van der Waals surface area contributed by atoms with Gasteiger partial charge in [0.25, 0.3) is 0 Å². The zero-order valence-electron chi connectivity index (χ0n) is 9.68. The third kappa shape index (κ3) is 3.37. The summed E-state index contributed by atoms with van der Waals surface area (Å²) < 4.78 is 22.6. The summed E-state index contributed by atoms with van der Waals surface area (Å²) in [5.41, 5.74) is 0. The molecule has 0 saturated carbocycles. The topological polar surface area (TPSA) is 84.0 Å². The second kappa shape index (κ2) is 4.97. The summed E-state index contributed by atoms with van der Waals surface area (Å²) in [6.45, 7) is 1.95. The smallest absolute Gasteiger partial charge is 0.248 e. The maximum absolute atomic E-state index is 11.3. The van der Waals surface area contributed by atoms with Gasteiger partial charge in [-0.05, 0) is 32.0 Å². The van der Waals surface area contributed by atoms with Gasteiger partial charge in [-0.1, -0.05) is 0 Å². The summed E-state index contributed by atoms with van der Waals surface area (Å²) in [7, 11) is -3.34. The molecule has 2 N–H and O–H groups in total. The number of hydrogen-bond donors (Lipinski definition) is 2. The monoisotopic (exact) mass is 256 g/mol. The molecule has 1 aromatic heterocycles. The fourth-order valence-electron chi connectivity index (χ4n) is 1.78. The summed E-state index contributed by atoms with van der Waals surface area (Å²) in [6, 6.07) is 2.04. The Hall–Kier alpha value is -1.21. The first-order chi connectivity index (χ1) is 8.05. The fraction of sp³-hybridized carbons (Fsp3) is 0.600. The Bertz CT molecular complexity index is 483. The Morgan fingerprint density at radius 2 is 2.12 bits per heavy atom. The molecule has 2 rings (SSSR count). The molecule has 0 bridgehead atoms. The summed E-state index contributed by atoms with van der Waals surface area (Å²) in [5, 5.41) is 6.38. The van der Waals surface area contributed by atoms with Crippen molar-refractivity contribution in [3.63, 3.8) is 0 Å². The van der Waals surface area contributed by atoms with Crippen LogP contribution in [0.2, 0.25) is 0 Å². The van der Waals surface area contributed by atoms with Gasteiger partial charge >= 0.3 is 0 Å². The Labute approximate surface area is 101 Å². The van der Waals surface area contributed by atoms with Crippen LogP contribution < -0.4 is 10.6 Å². The number of anilines is 1. The van der Waals surface area contributed by atoms with Crippen LogP contribution in [0.4, 0.5) is 5.82 Å². The third-order valence-corrected chi connectivity index (χ3v) is 3.52. The van der Waals surface area contributed by atoms with Crippen molar-refractivity contribution in [3.8, 4) is 0 Å². The van der Waals surface area contributed by atoms with Crippen LogP contribution >= 0.6 is 0 Å². The standard InChI is InChI=1S/C10H16N4O2S/c1-17(15,16)10-12-7-4-9(14-10)13-8-2-5-11-6-3-8/h4,7-8,11H,2-3,5-6H2,1H3,(H,12,13,14). The van der Waals surface area contributed by atoms with Crippen molar-refractivity contribution >= 4 is 15.7 Å². The van der Waals surface area contributed by atoms with E-state index in [-0.39, 0.29) is 5.16 Å². The van der Waals surface area contributed by atoms with E-state index >= 15 is 0 Å². The molecular formula is C10H16N4O2S. The molecule has 0 amide bonds. The highest BCUT2D eigenvalue weighted by atomic mass is 32.2. The normalized spacial score (nSPS) is 17.9. The Balaban J connectivity index is 2.11. The molecule has 0 unspecified atom stereocenters. The van der Waals surface area contributed by atoms with Crippen LogP contribution in [0.1, 0.15) is 12.8 Å². The minimum atomic E-state index is -3.34. The van der Waals surface area contributed by atoms with E-state index in [2.05, 4.69) is 20.6 Å². The average molecular weight is 256 g/mol. The number of rotatable bonds is 3. The lowest BCUT2D eigenvalue weighted by Crippen LogP contribution is -2.35. The highest BCUT2D eigenvalue weighted by Crippen LogP contribution is 2.12. The van der Waals surface area contributed by atoms with Gasteiger partial charge in [-0.25, -0.2) is 18.4 Å². The molecule has 94 valence electrons. The number of aromatic nitrogens is 2. The lowest BCUT2D eigenvalue weighted by Gasteiger charge is -2.24. The van der Waals surface area contributed by atoms with E-state index in [9.17, 15) is 8.42 Å². The maximum Gasteiger partial charge on any atom is 0.248 e. The molecule has 1 fully saturated rings. The molecule has 0 aliphatic carbocycles. The van der Waals surface area contributed by atoms with E-state index in [1.165, 1.54) is 6.20 Å². The molecular weight excluding hydrogens is 240 g/mol. The molecule has 0 radical (unpaired) electrons. The summed E-state index contributed by atoms with van der Waals surface area (Å²) in [6.07, 6.45) is 4.60. The Kier molecular flexibility index (Phi) is 3.58. The van der Waals surface area contributed by atoms with E-state index < -0.39 is 9.84 Å². The zero-order valence-corrected chi connectivity index (χ0v) is 10.5. The van der Waals surface area contributed by atoms with E-state index in [0.29, 0.717) is 11.9 Å². The lowest BCUT2D eigenvalue weighted by molar-refractivity contribution is 0.477. The number of nitrogens with one attached hydrogen (secondary N) is 2. The van der Waals surface area contributed by atoms with E-state index in [4.69, 9.17) is 0 Å². The van der Waals surface area contributed by atoms with Gasteiger partial charge in [0.05, 0.1) is 0 Å². The molecule has 2 heterocycles. The molecule has 7 heteroatoms. The highest BCUT2D eigenvalue weighted by molar-refractivity contribution is 7.90. The SMILES string of the molecule is CS(=O)(=O)c1nccc(NC2CCNCC2)n1. The Morgan fingerprint density at radius 3 is 2.76 bits per heavy atom. The molecule has 1 aliphatic heterocycles. The fourth-order valence-corrected chi connectivity index (χ4v) is 2.29. The first-order valence-corrected chi connectivity index (χ1v) is 7.45. The van der Waals surface area contributed by atoms with Crippen LogP contribution in [-0.4, -0.2) is 43.8 Å². The zero-order chi connectivity index (χ0) is 12.3. The second-order valence-electron chi connectivity index (χ2n) is 4.17. The minimum Gasteiger partial charge on any atom is -0.367 e. The van der Waals surface area contributed by atoms with Crippen molar-refractivity contribution in [1.29, 1.82) is 0 Å². The summed E-state index contributed by atoms with van der Waals surface area (Å²) in [4.78, 5) is 7.76. The van der Waals surface area contributed by atoms with Crippen LogP contribution in [0.3, 0.4) is 0 Å². The first kappa shape index (κ1) is 12.3. The quantitative estimate of drug-likeness (QED) is 0.743. The van der Waals surface area contributed by atoms with Crippen molar-refractivity contribution in [2.45, 2.75) is 24.0 Å². The summed E-state index contributed by atoms with van der Waals surface area (Å²) in [5.74, 6) is 0.576. The maximum atomic E-state index is 11.3. The molecule has 6 nitrogen and oxygen atoms in total. The molecule has 0 aromatic carbocycles. The lowest BCUT2D eigenvalue weighted by atomic mass is 10.1. The minimum absolute atomic E-state index is 0.128. The molecule has 1 aliphatic rings. The molecule has 17 heavy (non-hydrogen) atoms. The van der Waals surface area contributed by atoms with Gasteiger partial charge in [0.2, 0.25) is 15.0 Å². The van der Waals surface area contributed by atoms with Gasteiger partial charge in [0.15, 0.2) is 0 Å². The summed E-state index contributed by atoms with van der Waals surface area (Å²) >= 11 is 0. The van der Waals surface area contributed by atoms with Crippen LogP contribution in [-0.2, 0) is 9.84 Å². The van der Waals surface area contributed by atoms with Crippen molar-refractivity contribution in [2.24, 2.45) is 0 Å².